The molecule has 4 nitrogen and oxygen atoms in total. The smallest absolute Gasteiger partial charge is 0.170 e. The Hall–Kier alpha value is -2.01. The van der Waals surface area contributed by atoms with E-state index >= 15 is 0 Å². The lowest BCUT2D eigenvalue weighted by Crippen LogP contribution is -2.29. The van der Waals surface area contributed by atoms with E-state index in [9.17, 15) is 0 Å². The topological polar surface area (TPSA) is 46.4 Å². The molecule has 0 aliphatic heterocycles. The maximum absolute atomic E-state index is 5.66. The Balaban J connectivity index is 1.72. The lowest BCUT2D eigenvalue weighted by molar-refractivity contribution is 0.242. The molecule has 0 atom stereocenters. The summed E-state index contributed by atoms with van der Waals surface area (Å²) in [5, 5.41) is 6.97. The summed E-state index contributed by atoms with van der Waals surface area (Å²) in [6.07, 6.45) is 3.72. The molecule has 118 valence electrons. The highest BCUT2D eigenvalue weighted by Crippen LogP contribution is 2.18. The van der Waals surface area contributed by atoms with Crippen molar-refractivity contribution in [3.8, 4) is 5.75 Å². The average molecular weight is 318 g/mol. The number of furan rings is 1. The van der Waals surface area contributed by atoms with Crippen LogP contribution in [0.2, 0.25) is 0 Å². The monoisotopic (exact) mass is 318 g/mol. The highest BCUT2D eigenvalue weighted by molar-refractivity contribution is 7.80. The molecule has 2 rings (SSSR count). The zero-order valence-corrected chi connectivity index (χ0v) is 13.8. The standard InChI is InChI=1S/C17H22N2O2S/c1-13(2)21-16-7-3-6-14(12-16)19-17(22)18-10-4-8-15-9-5-11-20-15/h3,5-7,9,11-13H,4,8,10H2,1-2H3,(H2,18,19,22). The Bertz CT molecular complexity index is 582. The van der Waals surface area contributed by atoms with E-state index < -0.39 is 0 Å². The van der Waals surface area contributed by atoms with E-state index in [1.807, 2.05) is 50.2 Å². The van der Waals surface area contributed by atoms with Crippen molar-refractivity contribution in [3.05, 3.63) is 48.4 Å². The van der Waals surface area contributed by atoms with E-state index in [0.29, 0.717) is 5.11 Å². The predicted octanol–water partition coefficient (Wildman–Crippen LogP) is 3.99. The zero-order chi connectivity index (χ0) is 15.8. The Labute approximate surface area is 136 Å². The molecule has 0 aliphatic carbocycles. The van der Waals surface area contributed by atoms with Gasteiger partial charge < -0.3 is 19.8 Å². The van der Waals surface area contributed by atoms with Crippen molar-refractivity contribution in [3.63, 3.8) is 0 Å². The first kappa shape index (κ1) is 16.4. The van der Waals surface area contributed by atoms with Crippen LogP contribution in [0.3, 0.4) is 0 Å². The Morgan fingerprint density at radius 3 is 2.86 bits per heavy atom. The van der Waals surface area contributed by atoms with Crippen LogP contribution in [0.5, 0.6) is 5.75 Å². The summed E-state index contributed by atoms with van der Waals surface area (Å²) in [4.78, 5) is 0. The first-order valence-corrected chi connectivity index (χ1v) is 7.88. The van der Waals surface area contributed by atoms with Crippen LogP contribution in [0.1, 0.15) is 26.0 Å². The molecule has 0 saturated heterocycles. The lowest BCUT2D eigenvalue weighted by atomic mass is 10.2. The van der Waals surface area contributed by atoms with Crippen molar-refractivity contribution in [1.29, 1.82) is 0 Å². The fraction of sp³-hybridized carbons (Fsp3) is 0.353. The third-order valence-electron chi connectivity index (χ3n) is 2.93. The van der Waals surface area contributed by atoms with Gasteiger partial charge in [0.2, 0.25) is 0 Å². The second-order valence-corrected chi connectivity index (χ2v) is 5.67. The van der Waals surface area contributed by atoms with Crippen LogP contribution in [0.15, 0.2) is 47.1 Å². The normalized spacial score (nSPS) is 10.5. The van der Waals surface area contributed by atoms with Gasteiger partial charge in [0.25, 0.3) is 0 Å². The van der Waals surface area contributed by atoms with Crippen LogP contribution in [-0.4, -0.2) is 17.8 Å². The fourth-order valence-electron chi connectivity index (χ4n) is 2.01. The summed E-state index contributed by atoms with van der Waals surface area (Å²) >= 11 is 5.29. The van der Waals surface area contributed by atoms with Gasteiger partial charge in [0.05, 0.1) is 12.4 Å². The molecule has 5 heteroatoms. The summed E-state index contributed by atoms with van der Waals surface area (Å²) in [7, 11) is 0. The van der Waals surface area contributed by atoms with Gasteiger partial charge in [0.1, 0.15) is 11.5 Å². The number of hydrogen-bond donors (Lipinski definition) is 2. The largest absolute Gasteiger partial charge is 0.491 e. The molecule has 0 spiro atoms. The average Bonchev–Trinajstić information content (AvgIpc) is 2.96. The molecule has 0 radical (unpaired) electrons. The van der Waals surface area contributed by atoms with Crippen LogP contribution in [0.25, 0.3) is 0 Å². The number of hydrogen-bond acceptors (Lipinski definition) is 3. The Morgan fingerprint density at radius 1 is 1.27 bits per heavy atom. The first-order valence-electron chi connectivity index (χ1n) is 7.47. The number of aryl methyl sites for hydroxylation is 1. The molecule has 1 aromatic carbocycles. The van der Waals surface area contributed by atoms with Gasteiger partial charge in [-0.3, -0.25) is 0 Å². The number of benzene rings is 1. The Morgan fingerprint density at radius 2 is 2.14 bits per heavy atom. The molecular formula is C17H22N2O2S. The minimum Gasteiger partial charge on any atom is -0.491 e. The van der Waals surface area contributed by atoms with Crippen molar-refractivity contribution in [2.45, 2.75) is 32.8 Å². The molecule has 0 bridgehead atoms. The molecule has 1 heterocycles. The Kier molecular flexibility index (Phi) is 6.27. The van der Waals surface area contributed by atoms with Gasteiger partial charge in [0, 0.05) is 24.7 Å². The van der Waals surface area contributed by atoms with Crippen LogP contribution in [0, 0.1) is 0 Å². The van der Waals surface area contributed by atoms with Crippen LogP contribution in [0.4, 0.5) is 5.69 Å². The van der Waals surface area contributed by atoms with Gasteiger partial charge in [0.15, 0.2) is 5.11 Å². The van der Waals surface area contributed by atoms with E-state index in [1.165, 1.54) is 0 Å². The molecule has 0 unspecified atom stereocenters. The third-order valence-corrected chi connectivity index (χ3v) is 3.18. The number of nitrogens with one attached hydrogen (secondary N) is 2. The molecule has 0 fully saturated rings. The van der Waals surface area contributed by atoms with E-state index in [2.05, 4.69) is 10.6 Å². The maximum Gasteiger partial charge on any atom is 0.170 e. The summed E-state index contributed by atoms with van der Waals surface area (Å²) in [6.45, 7) is 4.81. The van der Waals surface area contributed by atoms with Gasteiger partial charge in [-0.1, -0.05) is 6.07 Å². The lowest BCUT2D eigenvalue weighted by Gasteiger charge is -2.13. The zero-order valence-electron chi connectivity index (χ0n) is 13.0. The summed E-state index contributed by atoms with van der Waals surface area (Å²) in [6, 6.07) is 11.7. The van der Waals surface area contributed by atoms with E-state index in [4.69, 9.17) is 21.4 Å². The van der Waals surface area contributed by atoms with Gasteiger partial charge in [-0.15, -0.1) is 0 Å². The van der Waals surface area contributed by atoms with Gasteiger partial charge in [-0.2, -0.15) is 0 Å². The minimum atomic E-state index is 0.155. The number of thiocarbonyl (C=S) groups is 1. The highest BCUT2D eigenvalue weighted by atomic mass is 32.1. The SMILES string of the molecule is CC(C)Oc1cccc(NC(=S)NCCCc2ccco2)c1. The number of anilines is 1. The van der Waals surface area contributed by atoms with Crippen molar-refractivity contribution < 1.29 is 9.15 Å². The number of ether oxygens (including phenoxy) is 1. The highest BCUT2D eigenvalue weighted by Gasteiger charge is 2.02. The molecule has 0 amide bonds. The molecule has 1 aromatic heterocycles. The second-order valence-electron chi connectivity index (χ2n) is 5.26. The number of rotatable bonds is 7. The van der Waals surface area contributed by atoms with Crippen LogP contribution in [-0.2, 0) is 6.42 Å². The van der Waals surface area contributed by atoms with Crippen molar-refractivity contribution in [2.24, 2.45) is 0 Å². The van der Waals surface area contributed by atoms with E-state index in [1.54, 1.807) is 6.26 Å². The first-order chi connectivity index (χ1) is 10.6. The third kappa shape index (κ3) is 5.77. The quantitative estimate of drug-likeness (QED) is 0.597. The molecule has 22 heavy (non-hydrogen) atoms. The van der Waals surface area contributed by atoms with Crippen molar-refractivity contribution in [2.75, 3.05) is 11.9 Å². The molecule has 2 N–H and O–H groups in total. The molecule has 0 aliphatic rings. The molecular weight excluding hydrogens is 296 g/mol. The van der Waals surface area contributed by atoms with E-state index in [0.717, 1.165) is 36.6 Å². The van der Waals surface area contributed by atoms with E-state index in [-0.39, 0.29) is 6.10 Å². The summed E-state index contributed by atoms with van der Waals surface area (Å²) < 4.78 is 11.0. The predicted molar refractivity (Wildman–Crippen MR) is 93.5 cm³/mol. The summed E-state index contributed by atoms with van der Waals surface area (Å²) in [5.41, 5.74) is 0.918. The van der Waals surface area contributed by atoms with Gasteiger partial charge in [-0.25, -0.2) is 0 Å². The summed E-state index contributed by atoms with van der Waals surface area (Å²) in [5.74, 6) is 1.83. The maximum atomic E-state index is 5.66. The van der Waals surface area contributed by atoms with Crippen LogP contribution >= 0.6 is 12.2 Å². The molecule has 2 aromatic rings. The van der Waals surface area contributed by atoms with Crippen LogP contribution < -0.4 is 15.4 Å². The van der Waals surface area contributed by atoms with Crippen molar-refractivity contribution in [1.82, 2.24) is 5.32 Å². The second kappa shape index (κ2) is 8.44. The fourth-order valence-corrected chi connectivity index (χ4v) is 2.23. The minimum absolute atomic E-state index is 0.155. The molecule has 0 saturated carbocycles. The van der Waals surface area contributed by atoms with Gasteiger partial charge >= 0.3 is 0 Å². The van der Waals surface area contributed by atoms with Crippen molar-refractivity contribution >= 4 is 23.0 Å². The van der Waals surface area contributed by atoms with Gasteiger partial charge in [-0.05, 0) is 56.8 Å².